The van der Waals surface area contributed by atoms with Gasteiger partial charge in [-0.05, 0) is 24.5 Å². The van der Waals surface area contributed by atoms with Crippen molar-refractivity contribution in [3.05, 3.63) is 29.6 Å². The van der Waals surface area contributed by atoms with Crippen LogP contribution in [0.25, 0.3) is 0 Å². The molecule has 0 radical (unpaired) electrons. The zero-order valence-electron chi connectivity index (χ0n) is 8.14. The smallest absolute Gasteiger partial charge is 0.168 e. The predicted molar refractivity (Wildman–Crippen MR) is 51.6 cm³/mol. The van der Waals surface area contributed by atoms with E-state index in [-0.39, 0.29) is 5.82 Å². The fraction of sp³-hybridized carbons (Fsp3) is 0.455. The largest absolute Gasteiger partial charge is 0.494 e. The van der Waals surface area contributed by atoms with Gasteiger partial charge in [0.05, 0.1) is 7.11 Å². The molecule has 0 N–H and O–H groups in total. The summed E-state index contributed by atoms with van der Waals surface area (Å²) in [6.07, 6.45) is 2.89. The van der Waals surface area contributed by atoms with Crippen LogP contribution in [-0.4, -0.2) is 7.11 Å². The fourth-order valence-corrected chi connectivity index (χ4v) is 1.27. The Morgan fingerprint density at radius 2 is 2.15 bits per heavy atom. The first kappa shape index (κ1) is 10.0. The highest BCUT2D eigenvalue weighted by Crippen LogP contribution is 2.21. The van der Waals surface area contributed by atoms with E-state index in [0.717, 1.165) is 24.8 Å². The molecular weight excluding hydrogens is 167 g/mol. The molecule has 0 heterocycles. The SMILES string of the molecule is CCCCc1cccc(OC)c1F. The maximum Gasteiger partial charge on any atom is 0.168 e. The molecule has 2 heteroatoms. The normalized spacial score (nSPS) is 10.1. The molecule has 0 atom stereocenters. The van der Waals surface area contributed by atoms with Gasteiger partial charge in [0.2, 0.25) is 0 Å². The molecule has 0 saturated carbocycles. The lowest BCUT2D eigenvalue weighted by molar-refractivity contribution is 0.384. The average molecular weight is 182 g/mol. The first-order chi connectivity index (χ1) is 6.29. The van der Waals surface area contributed by atoms with E-state index >= 15 is 0 Å². The lowest BCUT2D eigenvalue weighted by Gasteiger charge is -2.06. The van der Waals surface area contributed by atoms with Crippen molar-refractivity contribution in [2.75, 3.05) is 7.11 Å². The molecule has 0 unspecified atom stereocenters. The van der Waals surface area contributed by atoms with E-state index in [2.05, 4.69) is 6.92 Å². The highest BCUT2D eigenvalue weighted by atomic mass is 19.1. The Morgan fingerprint density at radius 1 is 1.38 bits per heavy atom. The number of aryl methyl sites for hydroxylation is 1. The van der Waals surface area contributed by atoms with Crippen molar-refractivity contribution in [1.82, 2.24) is 0 Å². The summed E-state index contributed by atoms with van der Waals surface area (Å²) in [5.41, 5.74) is 0.751. The number of rotatable bonds is 4. The van der Waals surface area contributed by atoms with Gasteiger partial charge in [-0.2, -0.15) is 0 Å². The standard InChI is InChI=1S/C11H15FO/c1-3-4-6-9-7-5-8-10(13-2)11(9)12/h5,7-8H,3-4,6H2,1-2H3. The third-order valence-corrected chi connectivity index (χ3v) is 2.06. The molecule has 72 valence electrons. The lowest BCUT2D eigenvalue weighted by atomic mass is 10.1. The summed E-state index contributed by atoms with van der Waals surface area (Å²) in [5.74, 6) is 0.132. The van der Waals surface area contributed by atoms with Gasteiger partial charge in [-0.3, -0.25) is 0 Å². The Labute approximate surface area is 78.5 Å². The molecule has 1 aromatic carbocycles. The van der Waals surface area contributed by atoms with Crippen LogP contribution in [0, 0.1) is 5.82 Å². The number of unbranched alkanes of at least 4 members (excludes halogenated alkanes) is 1. The van der Waals surface area contributed by atoms with Gasteiger partial charge in [0, 0.05) is 0 Å². The van der Waals surface area contributed by atoms with Gasteiger partial charge < -0.3 is 4.74 Å². The molecule has 0 bridgehead atoms. The molecule has 1 nitrogen and oxygen atoms in total. The minimum atomic E-state index is -0.210. The van der Waals surface area contributed by atoms with Gasteiger partial charge >= 0.3 is 0 Å². The highest BCUT2D eigenvalue weighted by Gasteiger charge is 2.06. The van der Waals surface area contributed by atoms with Gasteiger partial charge in [0.15, 0.2) is 11.6 Å². The summed E-state index contributed by atoms with van der Waals surface area (Å²) in [7, 11) is 1.49. The molecule has 13 heavy (non-hydrogen) atoms. The topological polar surface area (TPSA) is 9.23 Å². The minimum Gasteiger partial charge on any atom is -0.494 e. The average Bonchev–Trinajstić information content (AvgIpc) is 2.16. The molecule has 1 rings (SSSR count). The molecule has 0 aromatic heterocycles. The van der Waals surface area contributed by atoms with Crippen LogP contribution in [-0.2, 0) is 6.42 Å². The number of ether oxygens (including phenoxy) is 1. The van der Waals surface area contributed by atoms with Gasteiger partial charge in [-0.15, -0.1) is 0 Å². The van der Waals surface area contributed by atoms with E-state index in [4.69, 9.17) is 4.74 Å². The van der Waals surface area contributed by atoms with E-state index in [1.54, 1.807) is 6.07 Å². The molecule has 1 aromatic rings. The predicted octanol–water partition coefficient (Wildman–Crippen LogP) is 3.18. The molecule has 0 aliphatic carbocycles. The maximum absolute atomic E-state index is 13.5. The number of hydrogen-bond donors (Lipinski definition) is 0. The van der Waals surface area contributed by atoms with Crippen molar-refractivity contribution in [3.63, 3.8) is 0 Å². The summed E-state index contributed by atoms with van der Waals surface area (Å²) >= 11 is 0. The Hall–Kier alpha value is -1.05. The molecule has 0 aliphatic rings. The zero-order chi connectivity index (χ0) is 9.68. The molecule has 0 aliphatic heterocycles. The number of methoxy groups -OCH3 is 1. The summed E-state index contributed by atoms with van der Waals surface area (Å²) < 4.78 is 18.4. The van der Waals surface area contributed by atoms with Crippen LogP contribution in [0.15, 0.2) is 18.2 Å². The van der Waals surface area contributed by atoms with Crippen molar-refractivity contribution >= 4 is 0 Å². The Kier molecular flexibility index (Phi) is 3.74. The molecular formula is C11H15FO. The van der Waals surface area contributed by atoms with Crippen LogP contribution in [0.4, 0.5) is 4.39 Å². The molecule has 0 amide bonds. The second-order valence-electron chi connectivity index (χ2n) is 3.04. The van der Waals surface area contributed by atoms with Crippen molar-refractivity contribution < 1.29 is 9.13 Å². The minimum absolute atomic E-state index is 0.210. The summed E-state index contributed by atoms with van der Waals surface area (Å²) in [4.78, 5) is 0. The monoisotopic (exact) mass is 182 g/mol. The van der Waals surface area contributed by atoms with E-state index in [1.165, 1.54) is 7.11 Å². The summed E-state index contributed by atoms with van der Waals surface area (Å²) in [6.45, 7) is 2.10. The quantitative estimate of drug-likeness (QED) is 0.695. The van der Waals surface area contributed by atoms with E-state index in [9.17, 15) is 4.39 Å². The van der Waals surface area contributed by atoms with Crippen LogP contribution in [0.3, 0.4) is 0 Å². The van der Waals surface area contributed by atoms with E-state index in [1.807, 2.05) is 12.1 Å². The van der Waals surface area contributed by atoms with Crippen LogP contribution in [0.1, 0.15) is 25.3 Å². The van der Waals surface area contributed by atoms with Crippen LogP contribution < -0.4 is 4.74 Å². The Morgan fingerprint density at radius 3 is 2.77 bits per heavy atom. The van der Waals surface area contributed by atoms with E-state index < -0.39 is 0 Å². The maximum atomic E-state index is 13.5. The Balaban J connectivity index is 2.81. The molecule has 0 spiro atoms. The second kappa shape index (κ2) is 4.85. The van der Waals surface area contributed by atoms with Crippen molar-refractivity contribution in [2.45, 2.75) is 26.2 Å². The van der Waals surface area contributed by atoms with Crippen molar-refractivity contribution in [2.24, 2.45) is 0 Å². The second-order valence-corrected chi connectivity index (χ2v) is 3.04. The number of benzene rings is 1. The first-order valence-corrected chi connectivity index (χ1v) is 4.61. The van der Waals surface area contributed by atoms with Crippen molar-refractivity contribution in [1.29, 1.82) is 0 Å². The molecule has 0 saturated heterocycles. The third kappa shape index (κ3) is 2.44. The Bertz CT molecular complexity index is 271. The highest BCUT2D eigenvalue weighted by molar-refractivity contribution is 5.31. The number of halogens is 1. The lowest BCUT2D eigenvalue weighted by Crippen LogP contribution is -1.94. The summed E-state index contributed by atoms with van der Waals surface area (Å²) in [6, 6.07) is 5.28. The van der Waals surface area contributed by atoms with Gasteiger partial charge in [-0.1, -0.05) is 25.5 Å². The van der Waals surface area contributed by atoms with Crippen LogP contribution >= 0.6 is 0 Å². The zero-order valence-corrected chi connectivity index (χ0v) is 8.14. The number of hydrogen-bond acceptors (Lipinski definition) is 1. The van der Waals surface area contributed by atoms with E-state index in [0.29, 0.717) is 5.75 Å². The fourth-order valence-electron chi connectivity index (χ4n) is 1.27. The van der Waals surface area contributed by atoms with Crippen molar-refractivity contribution in [3.8, 4) is 5.75 Å². The van der Waals surface area contributed by atoms with Gasteiger partial charge in [0.25, 0.3) is 0 Å². The third-order valence-electron chi connectivity index (χ3n) is 2.06. The van der Waals surface area contributed by atoms with Gasteiger partial charge in [0.1, 0.15) is 0 Å². The molecule has 0 fully saturated rings. The van der Waals surface area contributed by atoms with Crippen LogP contribution in [0.2, 0.25) is 0 Å². The first-order valence-electron chi connectivity index (χ1n) is 4.61. The summed E-state index contributed by atoms with van der Waals surface area (Å²) in [5, 5.41) is 0. The van der Waals surface area contributed by atoms with Gasteiger partial charge in [-0.25, -0.2) is 4.39 Å². The van der Waals surface area contributed by atoms with Crippen LogP contribution in [0.5, 0.6) is 5.75 Å².